The monoisotopic (exact) mass is 624 g/mol. The summed E-state index contributed by atoms with van der Waals surface area (Å²) in [6.45, 7) is 10.2. The lowest BCUT2D eigenvalue weighted by Gasteiger charge is -2.29. The summed E-state index contributed by atoms with van der Waals surface area (Å²) in [5.74, 6) is 6.17. The van der Waals surface area contributed by atoms with E-state index in [1.807, 2.05) is 0 Å². The van der Waals surface area contributed by atoms with E-state index in [0.29, 0.717) is 22.4 Å². The summed E-state index contributed by atoms with van der Waals surface area (Å²) in [5, 5.41) is 18.6. The molecule has 1 aliphatic heterocycles. The zero-order valence-corrected chi connectivity index (χ0v) is 26.2. The Morgan fingerprint density at radius 2 is 1.86 bits per heavy atom. The Kier molecular flexibility index (Phi) is 10.4. The van der Waals surface area contributed by atoms with Gasteiger partial charge in [0.2, 0.25) is 0 Å². The largest absolute Gasteiger partial charge is 0.494 e. The first-order valence-electron chi connectivity index (χ1n) is 13.4. The number of methoxy groups -OCH3 is 1. The first-order chi connectivity index (χ1) is 20.5. The van der Waals surface area contributed by atoms with Gasteiger partial charge < -0.3 is 19.1 Å². The number of nitrogens with zero attached hydrogens (tertiary/aromatic N) is 9. The van der Waals surface area contributed by atoms with E-state index in [9.17, 15) is 9.36 Å². The fourth-order valence-electron chi connectivity index (χ4n) is 4.41. The summed E-state index contributed by atoms with van der Waals surface area (Å²) in [6.07, 6.45) is 3.41. The normalized spacial score (nSPS) is 14.7. The quantitative estimate of drug-likeness (QED) is 0.0788. The van der Waals surface area contributed by atoms with Gasteiger partial charge in [-0.05, 0) is 57.6 Å². The zero-order valence-electron chi connectivity index (χ0n) is 24.5. The summed E-state index contributed by atoms with van der Waals surface area (Å²) < 4.78 is 18.3. The van der Waals surface area contributed by atoms with E-state index >= 15 is 0 Å². The third-order valence-electron chi connectivity index (χ3n) is 6.68. The van der Waals surface area contributed by atoms with Gasteiger partial charge in [-0.2, -0.15) is 4.98 Å². The molecule has 1 aromatic heterocycles. The number of aromatic nitrogens is 2. The highest BCUT2D eigenvalue weighted by Crippen LogP contribution is 2.41. The lowest BCUT2D eigenvalue weighted by Crippen LogP contribution is -2.38. The van der Waals surface area contributed by atoms with E-state index in [1.54, 1.807) is 49.7 Å². The minimum absolute atomic E-state index is 0.0432. The molecule has 4 rings (SSSR count). The molecule has 2 N–H and O–H groups in total. The topological polar surface area (TPSA) is 154 Å². The number of ether oxygens (including phenoxy) is 1. The van der Waals surface area contributed by atoms with Crippen molar-refractivity contribution in [2.24, 2.45) is 26.3 Å². The van der Waals surface area contributed by atoms with Crippen LogP contribution in [0.1, 0.15) is 6.42 Å². The number of halogens is 1. The molecule has 3 aromatic rings. The van der Waals surface area contributed by atoms with Crippen molar-refractivity contribution in [1.29, 1.82) is 0 Å². The molecule has 226 valence electrons. The maximum atomic E-state index is 12.7. The van der Waals surface area contributed by atoms with E-state index < -0.39 is 13.0 Å². The van der Waals surface area contributed by atoms with Crippen LogP contribution in [0, 0.1) is 0 Å². The number of azo groups is 2. The molecule has 15 heteroatoms. The predicted molar refractivity (Wildman–Crippen MR) is 170 cm³/mol. The van der Waals surface area contributed by atoms with E-state index in [1.165, 1.54) is 13.3 Å². The molecule has 0 bridgehead atoms. The number of carbonyl (C=O) groups excluding carboxylic acids is 1. The van der Waals surface area contributed by atoms with Gasteiger partial charge >= 0.3 is 0 Å². The number of nitrogens with two attached hydrogens (primary N) is 1. The smallest absolute Gasteiger partial charge is 0.271 e. The van der Waals surface area contributed by atoms with Crippen LogP contribution >= 0.6 is 18.7 Å². The molecule has 0 radical (unpaired) electrons. The number of carbonyl (C=O) groups is 1. The molecule has 2 heterocycles. The van der Waals surface area contributed by atoms with E-state index in [0.717, 1.165) is 49.4 Å². The zero-order chi connectivity index (χ0) is 31.1. The van der Waals surface area contributed by atoms with Crippen LogP contribution < -0.4 is 25.8 Å². The molecule has 2 aromatic carbocycles. The molecule has 13 nitrogen and oxygen atoms in total. The Morgan fingerprint density at radius 3 is 2.58 bits per heavy atom. The highest BCUT2D eigenvalue weighted by Gasteiger charge is 2.23. The number of anilines is 2. The standard InChI is InChI=1S/C28H34ClN10O3P/c1-6-26(40)39(30)23-16-21(24(42-3)17-22(23)38-13-9-12-37(2)14-15-38)34-36-28-31-18-19(29)27(32-28)35-33-20-10-7-8-11-25(20)43(4,5)41/h6-8,10-11,16-18H,1,9,12-15,30H2,2-5H3. The number of amides is 1. The van der Waals surface area contributed by atoms with Crippen LogP contribution in [0.3, 0.4) is 0 Å². The number of likely N-dealkylation sites (N-methyl/N-ethyl adjacent to an activating group) is 1. The molecule has 1 saturated heterocycles. The van der Waals surface area contributed by atoms with Gasteiger partial charge in [0.15, 0.2) is 5.82 Å². The Labute approximate surface area is 255 Å². The van der Waals surface area contributed by atoms with Gasteiger partial charge in [-0.3, -0.25) is 4.79 Å². The fraction of sp³-hybridized carbons (Fsp3) is 0.321. The number of rotatable bonds is 9. The predicted octanol–water partition coefficient (Wildman–Crippen LogP) is 5.75. The minimum Gasteiger partial charge on any atom is -0.494 e. The van der Waals surface area contributed by atoms with Crippen molar-refractivity contribution in [1.82, 2.24) is 14.9 Å². The third-order valence-corrected chi connectivity index (χ3v) is 8.49. The Hall–Kier alpha value is -4.03. The van der Waals surface area contributed by atoms with Gasteiger partial charge in [-0.15, -0.1) is 20.5 Å². The SMILES string of the molecule is C=CC(=O)N(N)c1cc(N=Nc2ncc(Cl)c(N=Nc3ccccc3P(C)(C)=O)n2)c(OC)cc1N1CCCN(C)CC1. The first-order valence-corrected chi connectivity index (χ1v) is 16.4. The maximum Gasteiger partial charge on any atom is 0.271 e. The number of hydrazine groups is 1. The number of hydrogen-bond acceptors (Lipinski definition) is 12. The molecular weight excluding hydrogens is 591 g/mol. The van der Waals surface area contributed by atoms with Crippen molar-refractivity contribution in [3.8, 4) is 5.75 Å². The van der Waals surface area contributed by atoms with E-state index in [4.69, 9.17) is 22.2 Å². The maximum absolute atomic E-state index is 12.7. The Bertz CT molecular complexity index is 1610. The lowest BCUT2D eigenvalue weighted by molar-refractivity contribution is -0.114. The van der Waals surface area contributed by atoms with E-state index in [2.05, 4.69) is 53.9 Å². The van der Waals surface area contributed by atoms with Crippen LogP contribution in [0.25, 0.3) is 0 Å². The van der Waals surface area contributed by atoms with Gasteiger partial charge in [-0.25, -0.2) is 15.8 Å². The molecule has 1 fully saturated rings. The van der Waals surface area contributed by atoms with Crippen molar-refractivity contribution >= 4 is 64.5 Å². The van der Waals surface area contributed by atoms with Crippen LogP contribution in [-0.2, 0) is 9.36 Å². The summed E-state index contributed by atoms with van der Waals surface area (Å²) in [6, 6.07) is 10.4. The average molecular weight is 625 g/mol. The molecule has 0 spiro atoms. The van der Waals surface area contributed by atoms with Crippen LogP contribution in [0.4, 0.5) is 34.5 Å². The summed E-state index contributed by atoms with van der Waals surface area (Å²) in [7, 11) is 0.994. The molecule has 0 aliphatic carbocycles. The minimum atomic E-state index is -2.60. The van der Waals surface area contributed by atoms with Crippen molar-refractivity contribution < 1.29 is 14.1 Å². The molecule has 1 aliphatic rings. The highest BCUT2D eigenvalue weighted by molar-refractivity contribution is 7.70. The lowest BCUT2D eigenvalue weighted by atomic mass is 10.1. The van der Waals surface area contributed by atoms with Crippen LogP contribution in [-0.4, -0.2) is 74.4 Å². The Balaban J connectivity index is 1.70. The first kappa shape index (κ1) is 31.9. The van der Waals surface area contributed by atoms with Crippen molar-refractivity contribution in [2.75, 3.05) is 63.6 Å². The van der Waals surface area contributed by atoms with Gasteiger partial charge in [-0.1, -0.05) is 30.3 Å². The van der Waals surface area contributed by atoms with Gasteiger partial charge in [0.1, 0.15) is 23.6 Å². The van der Waals surface area contributed by atoms with Crippen molar-refractivity contribution in [3.63, 3.8) is 0 Å². The summed E-state index contributed by atoms with van der Waals surface area (Å²) >= 11 is 6.27. The van der Waals surface area contributed by atoms with Crippen LogP contribution in [0.2, 0.25) is 5.02 Å². The van der Waals surface area contributed by atoms with Crippen molar-refractivity contribution in [2.45, 2.75) is 6.42 Å². The Morgan fingerprint density at radius 1 is 1.12 bits per heavy atom. The molecule has 43 heavy (non-hydrogen) atoms. The van der Waals surface area contributed by atoms with Gasteiger partial charge in [0.25, 0.3) is 11.9 Å². The van der Waals surface area contributed by atoms with E-state index in [-0.39, 0.29) is 22.5 Å². The second-order valence-electron chi connectivity index (χ2n) is 10.2. The molecule has 0 unspecified atom stereocenters. The van der Waals surface area contributed by atoms with Gasteiger partial charge in [0.05, 0.1) is 30.4 Å². The van der Waals surface area contributed by atoms with Gasteiger partial charge in [0, 0.05) is 31.0 Å². The van der Waals surface area contributed by atoms with Crippen LogP contribution in [0.15, 0.2) is 75.7 Å². The second-order valence-corrected chi connectivity index (χ2v) is 13.7. The fourth-order valence-corrected chi connectivity index (χ4v) is 5.66. The molecule has 0 atom stereocenters. The molecular formula is C28H34ClN10O3P. The summed E-state index contributed by atoms with van der Waals surface area (Å²) in [4.78, 5) is 25.3. The highest BCUT2D eigenvalue weighted by atomic mass is 35.5. The third kappa shape index (κ3) is 7.88. The van der Waals surface area contributed by atoms with Crippen LogP contribution in [0.5, 0.6) is 5.75 Å². The summed E-state index contributed by atoms with van der Waals surface area (Å²) in [5.41, 5.74) is 1.87. The molecule has 1 amide bonds. The number of hydrogen-bond donors (Lipinski definition) is 1. The number of benzene rings is 2. The molecule has 0 saturated carbocycles. The second kappa shape index (κ2) is 14.0. The average Bonchev–Trinajstić information content (AvgIpc) is 3.22. The van der Waals surface area contributed by atoms with Crippen molar-refractivity contribution in [3.05, 3.63) is 60.3 Å².